The van der Waals surface area contributed by atoms with Crippen LogP contribution in [0, 0.1) is 4.64 Å². The number of aromatic amines is 1. The fourth-order valence-electron chi connectivity index (χ4n) is 2.07. The summed E-state index contributed by atoms with van der Waals surface area (Å²) in [6, 6.07) is 7.61. The highest BCUT2D eigenvalue weighted by molar-refractivity contribution is 7.71. The van der Waals surface area contributed by atoms with Gasteiger partial charge in [-0.25, -0.2) is 9.97 Å². The van der Waals surface area contributed by atoms with Crippen molar-refractivity contribution in [1.29, 1.82) is 0 Å². The van der Waals surface area contributed by atoms with Crippen LogP contribution in [0.2, 0.25) is 0 Å². The molecular weight excluding hydrogens is 314 g/mol. The van der Waals surface area contributed by atoms with Crippen molar-refractivity contribution in [2.75, 3.05) is 0 Å². The average Bonchev–Trinajstić information content (AvgIpc) is 2.99. The number of pyridine rings is 2. The zero-order valence-electron chi connectivity index (χ0n) is 11.2. The second-order valence-electron chi connectivity index (χ2n) is 4.58. The molecule has 0 saturated heterocycles. The minimum Gasteiger partial charge on any atom is -0.329 e. The molecule has 106 valence electrons. The maximum atomic E-state index is 5.12. The normalized spacial score (nSPS) is 10.9. The van der Waals surface area contributed by atoms with Crippen molar-refractivity contribution in [1.82, 2.24) is 24.9 Å². The van der Waals surface area contributed by atoms with Crippen LogP contribution >= 0.6 is 23.6 Å². The number of aromatic nitrogens is 5. The molecule has 4 heterocycles. The van der Waals surface area contributed by atoms with Crippen LogP contribution in [0.5, 0.6) is 0 Å². The number of hydrogen-bond donors (Lipinski definition) is 1. The van der Waals surface area contributed by atoms with Crippen molar-refractivity contribution in [2.24, 2.45) is 0 Å². The van der Waals surface area contributed by atoms with Gasteiger partial charge in [0.1, 0.15) is 20.9 Å². The number of H-pyrrole nitrogens is 1. The van der Waals surface area contributed by atoms with Crippen molar-refractivity contribution in [3.63, 3.8) is 0 Å². The van der Waals surface area contributed by atoms with Crippen LogP contribution in [0.3, 0.4) is 0 Å². The van der Waals surface area contributed by atoms with Crippen LogP contribution < -0.4 is 0 Å². The fraction of sp³-hybridized carbons (Fsp3) is 0. The van der Waals surface area contributed by atoms with Gasteiger partial charge in [-0.15, -0.1) is 11.3 Å². The fourth-order valence-corrected chi connectivity index (χ4v) is 3.20. The van der Waals surface area contributed by atoms with Gasteiger partial charge < -0.3 is 4.98 Å². The van der Waals surface area contributed by atoms with E-state index in [1.165, 1.54) is 0 Å². The molecule has 0 aliphatic rings. The Morgan fingerprint density at radius 2 is 2.05 bits per heavy atom. The molecule has 0 spiro atoms. The van der Waals surface area contributed by atoms with E-state index in [0.29, 0.717) is 10.5 Å². The van der Waals surface area contributed by atoms with Gasteiger partial charge >= 0.3 is 0 Å². The molecule has 7 heteroatoms. The highest BCUT2D eigenvalue weighted by atomic mass is 32.1. The third kappa shape index (κ3) is 2.40. The molecule has 0 aromatic carbocycles. The van der Waals surface area contributed by atoms with Crippen LogP contribution in [-0.4, -0.2) is 24.9 Å². The molecule has 5 nitrogen and oxygen atoms in total. The third-order valence-corrected chi connectivity index (χ3v) is 4.40. The standard InChI is InChI=1S/C15H9N5S2/c21-13-3-5-17-14(20-13)10-6-12-11(8-18-10)19-15(22-12)9-2-1-4-16-7-9/h1-8H,(H,17,20,21). The lowest BCUT2D eigenvalue weighted by atomic mass is 10.3. The Hall–Kier alpha value is -2.51. The van der Waals surface area contributed by atoms with Gasteiger partial charge in [0.15, 0.2) is 5.82 Å². The first-order chi connectivity index (χ1) is 10.8. The molecule has 0 bridgehead atoms. The zero-order chi connectivity index (χ0) is 14.9. The molecular formula is C15H9N5S2. The molecule has 0 fully saturated rings. The van der Waals surface area contributed by atoms with Crippen LogP contribution in [0.25, 0.3) is 32.3 Å². The lowest BCUT2D eigenvalue weighted by Crippen LogP contribution is -1.90. The molecule has 0 aliphatic carbocycles. The van der Waals surface area contributed by atoms with Gasteiger partial charge in [-0.05, 0) is 24.3 Å². The first-order valence-electron chi connectivity index (χ1n) is 6.52. The summed E-state index contributed by atoms with van der Waals surface area (Å²) < 4.78 is 1.68. The summed E-state index contributed by atoms with van der Waals surface area (Å²) in [4.78, 5) is 20.5. The number of nitrogens with zero attached hydrogens (tertiary/aromatic N) is 4. The van der Waals surface area contributed by atoms with E-state index in [0.717, 1.165) is 26.5 Å². The molecule has 4 aromatic rings. The zero-order valence-corrected chi connectivity index (χ0v) is 12.9. The summed E-state index contributed by atoms with van der Waals surface area (Å²) in [7, 11) is 0. The van der Waals surface area contributed by atoms with Gasteiger partial charge in [0, 0.05) is 24.2 Å². The van der Waals surface area contributed by atoms with E-state index < -0.39 is 0 Å². The van der Waals surface area contributed by atoms with E-state index in [-0.39, 0.29) is 0 Å². The topological polar surface area (TPSA) is 67.3 Å². The second-order valence-corrected chi connectivity index (χ2v) is 6.05. The number of nitrogens with one attached hydrogen (secondary N) is 1. The van der Waals surface area contributed by atoms with Crippen LogP contribution in [0.15, 0.2) is 49.1 Å². The molecule has 4 aromatic heterocycles. The van der Waals surface area contributed by atoms with Gasteiger partial charge in [-0.2, -0.15) is 0 Å². The lowest BCUT2D eigenvalue weighted by molar-refractivity contribution is 1.13. The van der Waals surface area contributed by atoms with E-state index in [4.69, 9.17) is 12.2 Å². The second kappa shape index (κ2) is 5.36. The molecule has 4 rings (SSSR count). The Morgan fingerprint density at radius 3 is 2.86 bits per heavy atom. The molecule has 0 saturated carbocycles. The Morgan fingerprint density at radius 1 is 1.09 bits per heavy atom. The quantitative estimate of drug-likeness (QED) is 0.567. The van der Waals surface area contributed by atoms with Gasteiger partial charge in [-0.1, -0.05) is 12.2 Å². The third-order valence-electron chi connectivity index (χ3n) is 3.10. The van der Waals surface area contributed by atoms with E-state index >= 15 is 0 Å². The van der Waals surface area contributed by atoms with E-state index in [9.17, 15) is 0 Å². The number of fused-ring (bicyclic) bond motifs is 1. The van der Waals surface area contributed by atoms with Gasteiger partial charge in [0.05, 0.1) is 10.9 Å². The highest BCUT2D eigenvalue weighted by Crippen LogP contribution is 2.30. The maximum Gasteiger partial charge on any atom is 0.156 e. The maximum absolute atomic E-state index is 5.12. The van der Waals surface area contributed by atoms with E-state index in [2.05, 4.69) is 24.9 Å². The molecule has 0 radical (unpaired) electrons. The van der Waals surface area contributed by atoms with Crippen LogP contribution in [0.4, 0.5) is 0 Å². The number of thiazole rings is 1. The Kier molecular flexibility index (Phi) is 3.21. The smallest absolute Gasteiger partial charge is 0.156 e. The average molecular weight is 323 g/mol. The Labute approximate surface area is 134 Å². The van der Waals surface area contributed by atoms with Crippen molar-refractivity contribution in [2.45, 2.75) is 0 Å². The van der Waals surface area contributed by atoms with Gasteiger partial charge in [0.25, 0.3) is 0 Å². The number of rotatable bonds is 2. The first-order valence-corrected chi connectivity index (χ1v) is 7.75. The van der Waals surface area contributed by atoms with Crippen molar-refractivity contribution in [3.8, 4) is 22.1 Å². The largest absolute Gasteiger partial charge is 0.329 e. The van der Waals surface area contributed by atoms with E-state index in [1.807, 2.05) is 24.4 Å². The molecule has 0 atom stereocenters. The molecule has 1 N–H and O–H groups in total. The Bertz CT molecular complexity index is 1010. The Balaban J connectivity index is 1.83. The summed E-state index contributed by atoms with van der Waals surface area (Å²) in [6.45, 7) is 0. The lowest BCUT2D eigenvalue weighted by Gasteiger charge is -1.98. The van der Waals surface area contributed by atoms with Gasteiger partial charge in [-0.3, -0.25) is 9.97 Å². The highest BCUT2D eigenvalue weighted by Gasteiger charge is 2.09. The summed E-state index contributed by atoms with van der Waals surface area (Å²) >= 11 is 6.73. The summed E-state index contributed by atoms with van der Waals surface area (Å²) in [5.74, 6) is 0.658. The van der Waals surface area contributed by atoms with Crippen LogP contribution in [-0.2, 0) is 0 Å². The minimum absolute atomic E-state index is 0.632. The molecule has 22 heavy (non-hydrogen) atoms. The monoisotopic (exact) mass is 323 g/mol. The van der Waals surface area contributed by atoms with Crippen molar-refractivity contribution < 1.29 is 0 Å². The van der Waals surface area contributed by atoms with Gasteiger partial charge in [0.2, 0.25) is 0 Å². The molecule has 0 amide bonds. The summed E-state index contributed by atoms with van der Waals surface area (Å²) in [5, 5.41) is 0.927. The summed E-state index contributed by atoms with van der Waals surface area (Å²) in [6.07, 6.45) is 6.99. The predicted molar refractivity (Wildman–Crippen MR) is 89.1 cm³/mol. The van der Waals surface area contributed by atoms with Crippen LogP contribution in [0.1, 0.15) is 0 Å². The minimum atomic E-state index is 0.632. The van der Waals surface area contributed by atoms with Crippen molar-refractivity contribution >= 4 is 33.8 Å². The van der Waals surface area contributed by atoms with E-state index in [1.54, 1.807) is 36.0 Å². The molecule has 0 aliphatic heterocycles. The predicted octanol–water partition coefficient (Wildman–Crippen LogP) is 3.87. The summed E-state index contributed by atoms with van der Waals surface area (Å²) in [5.41, 5.74) is 2.62. The van der Waals surface area contributed by atoms with Crippen molar-refractivity contribution in [3.05, 3.63) is 53.7 Å². The first kappa shape index (κ1) is 13.2. The molecule has 0 unspecified atom stereocenters. The SMILES string of the molecule is S=c1ccnc(-c2cc3sc(-c4cccnc4)nc3cn2)[nH]1. The number of hydrogen-bond acceptors (Lipinski definition) is 6.